The molecule has 0 fully saturated rings. The summed E-state index contributed by atoms with van der Waals surface area (Å²) >= 11 is 3.35. The zero-order valence-electron chi connectivity index (χ0n) is 9.55. The maximum atomic E-state index is 11.2. The molecule has 2 N–H and O–H groups in total. The number of halogens is 1. The Morgan fingerprint density at radius 1 is 1.33 bits per heavy atom. The van der Waals surface area contributed by atoms with Crippen LogP contribution >= 0.6 is 15.9 Å². The number of carbonyl (C=O) groups excluding carboxylic acids is 1. The van der Waals surface area contributed by atoms with E-state index >= 15 is 0 Å². The SMILES string of the molecule is Cc1ccc(Br)cc1Oc1nccnc1C(N)=O. The van der Waals surface area contributed by atoms with Crippen LogP contribution in [0.3, 0.4) is 0 Å². The van der Waals surface area contributed by atoms with Crippen LogP contribution in [0.2, 0.25) is 0 Å². The van der Waals surface area contributed by atoms with Crippen molar-refractivity contribution in [1.82, 2.24) is 9.97 Å². The van der Waals surface area contributed by atoms with Crippen LogP contribution in [-0.4, -0.2) is 15.9 Å². The van der Waals surface area contributed by atoms with Crippen LogP contribution in [0.4, 0.5) is 0 Å². The summed E-state index contributed by atoms with van der Waals surface area (Å²) in [6.45, 7) is 1.89. The van der Waals surface area contributed by atoms with Gasteiger partial charge in [-0.15, -0.1) is 0 Å². The largest absolute Gasteiger partial charge is 0.437 e. The number of primary amides is 1. The van der Waals surface area contributed by atoms with Gasteiger partial charge in [-0.1, -0.05) is 22.0 Å². The Bertz CT molecular complexity index is 602. The van der Waals surface area contributed by atoms with Gasteiger partial charge in [0.1, 0.15) is 5.75 Å². The molecule has 0 aliphatic heterocycles. The predicted octanol–water partition coefficient (Wildman–Crippen LogP) is 2.44. The molecule has 1 aromatic heterocycles. The quantitative estimate of drug-likeness (QED) is 0.944. The number of benzene rings is 1. The van der Waals surface area contributed by atoms with Gasteiger partial charge in [0, 0.05) is 16.9 Å². The van der Waals surface area contributed by atoms with Crippen molar-refractivity contribution in [3.05, 3.63) is 46.3 Å². The van der Waals surface area contributed by atoms with Crippen molar-refractivity contribution in [2.75, 3.05) is 0 Å². The Hall–Kier alpha value is -1.95. The summed E-state index contributed by atoms with van der Waals surface area (Å²) in [4.78, 5) is 19.0. The smallest absolute Gasteiger partial charge is 0.272 e. The molecule has 0 radical (unpaired) electrons. The predicted molar refractivity (Wildman–Crippen MR) is 69.5 cm³/mol. The number of amides is 1. The van der Waals surface area contributed by atoms with E-state index in [-0.39, 0.29) is 11.6 Å². The minimum atomic E-state index is -0.675. The number of hydrogen-bond donors (Lipinski definition) is 1. The second kappa shape index (κ2) is 5.14. The first-order valence-corrected chi connectivity index (χ1v) is 5.92. The van der Waals surface area contributed by atoms with Gasteiger partial charge in [-0.3, -0.25) is 4.79 Å². The highest BCUT2D eigenvalue weighted by Crippen LogP contribution is 2.27. The summed E-state index contributed by atoms with van der Waals surface area (Å²) in [7, 11) is 0. The van der Waals surface area contributed by atoms with Gasteiger partial charge in [-0.25, -0.2) is 9.97 Å². The molecule has 0 atom stereocenters. The zero-order valence-corrected chi connectivity index (χ0v) is 11.1. The summed E-state index contributed by atoms with van der Waals surface area (Å²) in [5, 5.41) is 0. The third-order valence-corrected chi connectivity index (χ3v) is 2.75. The van der Waals surface area contributed by atoms with E-state index in [1.165, 1.54) is 12.4 Å². The van der Waals surface area contributed by atoms with E-state index in [9.17, 15) is 4.79 Å². The number of nitrogens with two attached hydrogens (primary N) is 1. The Morgan fingerprint density at radius 2 is 2.06 bits per heavy atom. The van der Waals surface area contributed by atoms with E-state index in [1.807, 2.05) is 19.1 Å². The van der Waals surface area contributed by atoms with Crippen molar-refractivity contribution < 1.29 is 9.53 Å². The summed E-state index contributed by atoms with van der Waals surface area (Å²) in [6, 6.07) is 5.57. The van der Waals surface area contributed by atoms with Crippen LogP contribution in [0.1, 0.15) is 16.1 Å². The summed E-state index contributed by atoms with van der Waals surface area (Å²) in [5.41, 5.74) is 6.13. The molecule has 1 heterocycles. The lowest BCUT2D eigenvalue weighted by molar-refractivity contribution is 0.0992. The van der Waals surface area contributed by atoms with E-state index in [1.54, 1.807) is 6.07 Å². The number of nitrogens with zero attached hydrogens (tertiary/aromatic N) is 2. The van der Waals surface area contributed by atoms with Gasteiger partial charge in [0.05, 0.1) is 0 Å². The third-order valence-electron chi connectivity index (χ3n) is 2.25. The van der Waals surface area contributed by atoms with Gasteiger partial charge >= 0.3 is 0 Å². The molecule has 0 spiro atoms. The van der Waals surface area contributed by atoms with Gasteiger partial charge in [-0.05, 0) is 24.6 Å². The van der Waals surface area contributed by atoms with Crippen LogP contribution in [0.25, 0.3) is 0 Å². The fourth-order valence-corrected chi connectivity index (χ4v) is 1.70. The van der Waals surface area contributed by atoms with E-state index in [0.29, 0.717) is 5.75 Å². The van der Waals surface area contributed by atoms with E-state index in [4.69, 9.17) is 10.5 Å². The zero-order chi connectivity index (χ0) is 13.1. The average molecular weight is 308 g/mol. The molecule has 0 saturated heterocycles. The fraction of sp³-hybridized carbons (Fsp3) is 0.0833. The molecule has 1 aromatic carbocycles. The van der Waals surface area contributed by atoms with Crippen LogP contribution in [0.15, 0.2) is 35.1 Å². The van der Waals surface area contributed by atoms with Gasteiger partial charge in [0.2, 0.25) is 0 Å². The first-order chi connectivity index (χ1) is 8.58. The molecular formula is C12H10BrN3O2. The first kappa shape index (κ1) is 12.5. The van der Waals surface area contributed by atoms with E-state index < -0.39 is 5.91 Å². The normalized spacial score (nSPS) is 10.1. The molecule has 18 heavy (non-hydrogen) atoms. The molecule has 0 unspecified atom stereocenters. The van der Waals surface area contributed by atoms with E-state index in [0.717, 1.165) is 10.0 Å². The number of ether oxygens (including phenoxy) is 1. The molecule has 2 rings (SSSR count). The number of aryl methyl sites for hydroxylation is 1. The second-order valence-electron chi connectivity index (χ2n) is 3.59. The van der Waals surface area contributed by atoms with Gasteiger partial charge in [0.25, 0.3) is 11.8 Å². The van der Waals surface area contributed by atoms with E-state index in [2.05, 4.69) is 25.9 Å². The fourth-order valence-electron chi connectivity index (χ4n) is 1.36. The van der Waals surface area contributed by atoms with Crippen molar-refractivity contribution in [2.45, 2.75) is 6.92 Å². The molecular weight excluding hydrogens is 298 g/mol. The van der Waals surface area contributed by atoms with Crippen LogP contribution < -0.4 is 10.5 Å². The maximum Gasteiger partial charge on any atom is 0.272 e. The molecule has 2 aromatic rings. The lowest BCUT2D eigenvalue weighted by Crippen LogP contribution is -2.15. The molecule has 6 heteroatoms. The Labute approximate surface area is 112 Å². The topological polar surface area (TPSA) is 78.1 Å². The average Bonchev–Trinajstić information content (AvgIpc) is 2.34. The summed E-state index contributed by atoms with van der Waals surface area (Å²) in [5.74, 6) is 0.0179. The molecule has 0 saturated carbocycles. The highest BCUT2D eigenvalue weighted by molar-refractivity contribution is 9.10. The van der Waals surface area contributed by atoms with Crippen molar-refractivity contribution in [1.29, 1.82) is 0 Å². The van der Waals surface area contributed by atoms with Gasteiger partial charge in [-0.2, -0.15) is 0 Å². The number of rotatable bonds is 3. The molecule has 0 bridgehead atoms. The van der Waals surface area contributed by atoms with Crippen molar-refractivity contribution in [2.24, 2.45) is 5.73 Å². The molecule has 0 aliphatic rings. The third kappa shape index (κ3) is 2.65. The van der Waals surface area contributed by atoms with Crippen LogP contribution in [-0.2, 0) is 0 Å². The Balaban J connectivity index is 2.40. The molecule has 5 nitrogen and oxygen atoms in total. The van der Waals surface area contributed by atoms with Crippen LogP contribution in [0, 0.1) is 6.92 Å². The Kier molecular flexibility index (Phi) is 3.57. The van der Waals surface area contributed by atoms with Crippen molar-refractivity contribution in [3.63, 3.8) is 0 Å². The molecule has 1 amide bonds. The molecule has 92 valence electrons. The lowest BCUT2D eigenvalue weighted by Gasteiger charge is -2.09. The minimum Gasteiger partial charge on any atom is -0.437 e. The standard InChI is InChI=1S/C12H10BrN3O2/c1-7-2-3-8(13)6-9(7)18-12-10(11(14)17)15-4-5-16-12/h2-6H,1H3,(H2,14,17). The van der Waals surface area contributed by atoms with Crippen LogP contribution in [0.5, 0.6) is 11.6 Å². The number of carbonyl (C=O) groups is 1. The number of aromatic nitrogens is 2. The minimum absolute atomic E-state index is 0.0110. The highest BCUT2D eigenvalue weighted by atomic mass is 79.9. The second-order valence-corrected chi connectivity index (χ2v) is 4.50. The highest BCUT2D eigenvalue weighted by Gasteiger charge is 2.13. The molecule has 0 aliphatic carbocycles. The summed E-state index contributed by atoms with van der Waals surface area (Å²) < 4.78 is 6.45. The van der Waals surface area contributed by atoms with Crippen molar-refractivity contribution >= 4 is 21.8 Å². The monoisotopic (exact) mass is 307 g/mol. The van der Waals surface area contributed by atoms with Crippen molar-refractivity contribution in [3.8, 4) is 11.6 Å². The maximum absolute atomic E-state index is 11.2. The first-order valence-electron chi connectivity index (χ1n) is 5.13. The van der Waals surface area contributed by atoms with Gasteiger partial charge < -0.3 is 10.5 Å². The number of hydrogen-bond acceptors (Lipinski definition) is 4. The summed E-state index contributed by atoms with van der Waals surface area (Å²) in [6.07, 6.45) is 2.83. The van der Waals surface area contributed by atoms with Gasteiger partial charge in [0.15, 0.2) is 5.69 Å². The lowest BCUT2D eigenvalue weighted by atomic mass is 10.2. The Morgan fingerprint density at radius 3 is 2.78 bits per heavy atom.